The summed E-state index contributed by atoms with van der Waals surface area (Å²) in [6.45, 7) is 1.89. The Morgan fingerprint density at radius 2 is 1.86 bits per heavy atom. The van der Waals surface area contributed by atoms with Crippen molar-refractivity contribution in [1.82, 2.24) is 0 Å². The van der Waals surface area contributed by atoms with E-state index in [0.29, 0.717) is 21.7 Å². The molecule has 2 atom stereocenters. The molecule has 2 unspecified atom stereocenters. The minimum Gasteiger partial charge on any atom is -0.372 e. The molecule has 1 heterocycles. The number of benzene rings is 2. The van der Waals surface area contributed by atoms with Gasteiger partial charge in [-0.2, -0.15) is 0 Å². The summed E-state index contributed by atoms with van der Waals surface area (Å²) in [4.78, 5) is 12.7. The summed E-state index contributed by atoms with van der Waals surface area (Å²) >= 11 is 0. The number of hydrogen-bond donors (Lipinski definition) is 3. The third kappa shape index (κ3) is 2.08. The molecule has 2 aromatic rings. The maximum absolute atomic E-state index is 12.2. The van der Waals surface area contributed by atoms with Crippen LogP contribution in [0, 0.1) is 6.92 Å². The standard InChI is InChI=1S/C15H14N2O3S/c1-9-2-7-13-12(8-9)15(19,14(18)17-13)10-3-5-11(6-4-10)21(16)20/h2-8,19H,16H2,1H3,(H,17,18). The number of carbonyl (C=O) groups is 1. The molecule has 1 amide bonds. The van der Waals surface area contributed by atoms with E-state index in [1.807, 2.05) is 13.0 Å². The van der Waals surface area contributed by atoms with Crippen LogP contribution in [0.5, 0.6) is 0 Å². The number of carbonyl (C=O) groups excluding carboxylic acids is 1. The Bertz CT molecular complexity index is 758. The topological polar surface area (TPSA) is 92.4 Å². The van der Waals surface area contributed by atoms with Gasteiger partial charge in [-0.15, -0.1) is 0 Å². The van der Waals surface area contributed by atoms with Crippen LogP contribution in [0.25, 0.3) is 0 Å². The Morgan fingerprint density at radius 1 is 1.19 bits per heavy atom. The fraction of sp³-hybridized carbons (Fsp3) is 0.133. The van der Waals surface area contributed by atoms with Gasteiger partial charge in [-0.05, 0) is 30.7 Å². The number of aliphatic hydroxyl groups is 1. The first-order valence-corrected chi connectivity index (χ1v) is 7.56. The number of rotatable bonds is 2. The van der Waals surface area contributed by atoms with Gasteiger partial charge in [-0.25, -0.2) is 9.35 Å². The molecule has 0 aromatic heterocycles. The van der Waals surface area contributed by atoms with E-state index in [2.05, 4.69) is 5.32 Å². The molecular formula is C15H14N2O3S. The second-order valence-corrected chi connectivity index (χ2v) is 6.10. The van der Waals surface area contributed by atoms with Crippen molar-refractivity contribution >= 4 is 22.6 Å². The number of anilines is 1. The van der Waals surface area contributed by atoms with Crippen molar-refractivity contribution in [3.05, 3.63) is 59.2 Å². The van der Waals surface area contributed by atoms with Crippen LogP contribution in [0.1, 0.15) is 16.7 Å². The van der Waals surface area contributed by atoms with E-state index in [1.54, 1.807) is 36.4 Å². The van der Waals surface area contributed by atoms with Crippen LogP contribution >= 0.6 is 0 Å². The molecule has 3 rings (SSSR count). The third-order valence-electron chi connectivity index (χ3n) is 3.65. The molecule has 6 heteroatoms. The monoisotopic (exact) mass is 302 g/mol. The Morgan fingerprint density at radius 3 is 2.48 bits per heavy atom. The Balaban J connectivity index is 2.14. The quantitative estimate of drug-likeness (QED) is 0.777. The number of fused-ring (bicyclic) bond motifs is 1. The van der Waals surface area contributed by atoms with Gasteiger partial charge in [0.15, 0.2) is 5.60 Å². The lowest BCUT2D eigenvalue weighted by molar-refractivity contribution is -0.129. The van der Waals surface area contributed by atoms with Crippen molar-refractivity contribution in [2.75, 3.05) is 5.32 Å². The predicted octanol–water partition coefficient (Wildman–Crippen LogP) is 1.16. The normalized spacial score (nSPS) is 21.8. The maximum atomic E-state index is 12.2. The van der Waals surface area contributed by atoms with Crippen LogP contribution in [-0.2, 0) is 21.4 Å². The molecule has 0 radical (unpaired) electrons. The molecule has 0 spiro atoms. The molecule has 0 bridgehead atoms. The summed E-state index contributed by atoms with van der Waals surface area (Å²) < 4.78 is 11.2. The lowest BCUT2D eigenvalue weighted by Crippen LogP contribution is -2.35. The summed E-state index contributed by atoms with van der Waals surface area (Å²) in [6, 6.07) is 11.6. The summed E-state index contributed by atoms with van der Waals surface area (Å²) in [6.07, 6.45) is 0. The van der Waals surface area contributed by atoms with Crippen molar-refractivity contribution in [3.8, 4) is 0 Å². The molecular weight excluding hydrogens is 288 g/mol. The zero-order valence-corrected chi connectivity index (χ0v) is 12.1. The van der Waals surface area contributed by atoms with Gasteiger partial charge in [0.25, 0.3) is 5.91 Å². The number of amides is 1. The van der Waals surface area contributed by atoms with Crippen molar-refractivity contribution < 1.29 is 14.1 Å². The van der Waals surface area contributed by atoms with Crippen LogP contribution in [-0.4, -0.2) is 15.2 Å². The van der Waals surface area contributed by atoms with Crippen molar-refractivity contribution in [3.63, 3.8) is 0 Å². The van der Waals surface area contributed by atoms with E-state index in [-0.39, 0.29) is 0 Å². The zero-order chi connectivity index (χ0) is 15.2. The first-order chi connectivity index (χ1) is 9.92. The number of nitrogens with two attached hydrogens (primary N) is 1. The van der Waals surface area contributed by atoms with Gasteiger partial charge < -0.3 is 10.4 Å². The highest BCUT2D eigenvalue weighted by Crippen LogP contribution is 2.41. The number of aryl methyl sites for hydroxylation is 1. The number of hydrogen-bond acceptors (Lipinski definition) is 3. The van der Waals surface area contributed by atoms with Crippen LogP contribution in [0.3, 0.4) is 0 Å². The molecule has 2 aromatic carbocycles. The Kier molecular flexibility index (Phi) is 3.16. The van der Waals surface area contributed by atoms with Crippen LogP contribution in [0.2, 0.25) is 0 Å². The van der Waals surface area contributed by atoms with E-state index in [9.17, 15) is 14.1 Å². The van der Waals surface area contributed by atoms with Gasteiger partial charge >= 0.3 is 0 Å². The van der Waals surface area contributed by atoms with E-state index in [0.717, 1.165) is 5.56 Å². The fourth-order valence-corrected chi connectivity index (χ4v) is 2.92. The lowest BCUT2D eigenvalue weighted by Gasteiger charge is -2.21. The molecule has 1 aliphatic rings. The second-order valence-electron chi connectivity index (χ2n) is 5.04. The Labute approximate surface area is 124 Å². The molecule has 21 heavy (non-hydrogen) atoms. The van der Waals surface area contributed by atoms with Gasteiger partial charge in [0.1, 0.15) is 11.0 Å². The van der Waals surface area contributed by atoms with Crippen LogP contribution in [0.15, 0.2) is 47.4 Å². The van der Waals surface area contributed by atoms with E-state index < -0.39 is 22.5 Å². The summed E-state index contributed by atoms with van der Waals surface area (Å²) in [5.74, 6) is -0.496. The van der Waals surface area contributed by atoms with E-state index in [1.165, 1.54) is 0 Å². The molecule has 0 aliphatic carbocycles. The summed E-state index contributed by atoms with van der Waals surface area (Å²) in [7, 11) is -1.59. The van der Waals surface area contributed by atoms with E-state index in [4.69, 9.17) is 5.14 Å². The first kappa shape index (κ1) is 13.9. The molecule has 108 valence electrons. The Hall–Kier alpha value is -2.02. The first-order valence-electron chi connectivity index (χ1n) is 6.34. The van der Waals surface area contributed by atoms with Crippen molar-refractivity contribution in [1.29, 1.82) is 0 Å². The molecule has 5 nitrogen and oxygen atoms in total. The lowest BCUT2D eigenvalue weighted by atomic mass is 9.87. The third-order valence-corrected chi connectivity index (χ3v) is 4.38. The summed E-state index contributed by atoms with van der Waals surface area (Å²) in [5, 5.41) is 18.9. The molecule has 1 aliphatic heterocycles. The van der Waals surface area contributed by atoms with Gasteiger partial charge in [0.2, 0.25) is 0 Å². The minimum atomic E-state index is -1.74. The average Bonchev–Trinajstić information content (AvgIpc) is 2.72. The molecule has 0 fully saturated rings. The van der Waals surface area contributed by atoms with Crippen LogP contribution in [0.4, 0.5) is 5.69 Å². The highest BCUT2D eigenvalue weighted by Gasteiger charge is 2.46. The van der Waals surface area contributed by atoms with Crippen molar-refractivity contribution in [2.24, 2.45) is 5.14 Å². The van der Waals surface area contributed by atoms with E-state index >= 15 is 0 Å². The molecule has 0 saturated heterocycles. The smallest absolute Gasteiger partial charge is 0.265 e. The van der Waals surface area contributed by atoms with Crippen molar-refractivity contribution in [2.45, 2.75) is 17.4 Å². The molecule has 0 saturated carbocycles. The highest BCUT2D eigenvalue weighted by molar-refractivity contribution is 7.82. The highest BCUT2D eigenvalue weighted by atomic mass is 32.2. The van der Waals surface area contributed by atoms with Crippen LogP contribution < -0.4 is 10.5 Å². The SMILES string of the molecule is Cc1ccc2c(c1)C(O)(c1ccc(S(N)=O)cc1)C(=O)N2. The van der Waals surface area contributed by atoms with Gasteiger partial charge in [-0.3, -0.25) is 4.79 Å². The van der Waals surface area contributed by atoms with Gasteiger partial charge in [0.05, 0.1) is 4.90 Å². The second kappa shape index (κ2) is 4.77. The largest absolute Gasteiger partial charge is 0.372 e. The average molecular weight is 302 g/mol. The minimum absolute atomic E-state index is 0.415. The maximum Gasteiger partial charge on any atom is 0.265 e. The predicted molar refractivity (Wildman–Crippen MR) is 79.8 cm³/mol. The zero-order valence-electron chi connectivity index (χ0n) is 11.3. The van der Waals surface area contributed by atoms with Gasteiger partial charge in [-0.1, -0.05) is 29.8 Å². The molecule has 4 N–H and O–H groups in total. The fourth-order valence-electron chi connectivity index (χ4n) is 2.52. The summed E-state index contributed by atoms with van der Waals surface area (Å²) in [5.41, 5.74) is 0.742. The number of nitrogens with one attached hydrogen (secondary N) is 1. The van der Waals surface area contributed by atoms with Gasteiger partial charge in [0, 0.05) is 11.3 Å².